The first kappa shape index (κ1) is 13.6. The highest BCUT2D eigenvalue weighted by Crippen LogP contribution is 2.16. The van der Waals surface area contributed by atoms with Gasteiger partial charge in [-0.15, -0.1) is 0 Å². The summed E-state index contributed by atoms with van der Waals surface area (Å²) in [7, 11) is 0. The minimum Gasteiger partial charge on any atom is -0.288 e. The van der Waals surface area contributed by atoms with E-state index in [1.807, 2.05) is 6.07 Å². The van der Waals surface area contributed by atoms with E-state index in [2.05, 4.69) is 16.8 Å². The summed E-state index contributed by atoms with van der Waals surface area (Å²) < 4.78 is 13.8. The molecular weight excluding hydrogens is 261 g/mol. The van der Waals surface area contributed by atoms with Crippen LogP contribution in [0, 0.1) is 17.7 Å². The van der Waals surface area contributed by atoms with Gasteiger partial charge in [-0.2, -0.15) is 0 Å². The van der Waals surface area contributed by atoms with Crippen molar-refractivity contribution in [3.63, 3.8) is 0 Å². The summed E-state index contributed by atoms with van der Waals surface area (Å²) in [5.41, 5.74) is 0.992. The molecule has 0 aliphatic carbocycles. The van der Waals surface area contributed by atoms with Crippen LogP contribution in [0.2, 0.25) is 0 Å². The molecule has 0 N–H and O–H groups in total. The molecule has 0 saturated heterocycles. The Balaban J connectivity index is 2.14. The third-order valence-corrected chi connectivity index (χ3v) is 3.26. The van der Waals surface area contributed by atoms with E-state index in [0.29, 0.717) is 23.3 Å². The van der Waals surface area contributed by atoms with Gasteiger partial charge in [-0.3, -0.25) is 9.78 Å². The standard InChI is InChI=1S/C15H12FNOS/c1-11(18)19-8-3-2-5-12-9-13-6-4-7-17-15(13)10-14(12)16/h4,6-7,9-10H,3,8H2,1H3. The summed E-state index contributed by atoms with van der Waals surface area (Å²) in [6, 6.07) is 6.77. The average molecular weight is 273 g/mol. The Morgan fingerprint density at radius 1 is 1.47 bits per heavy atom. The minimum atomic E-state index is -0.363. The van der Waals surface area contributed by atoms with Gasteiger partial charge in [-0.1, -0.05) is 29.7 Å². The van der Waals surface area contributed by atoms with Gasteiger partial charge < -0.3 is 0 Å². The second kappa shape index (κ2) is 6.35. The zero-order chi connectivity index (χ0) is 13.7. The molecule has 1 aromatic heterocycles. The van der Waals surface area contributed by atoms with E-state index >= 15 is 0 Å². The highest BCUT2D eigenvalue weighted by molar-refractivity contribution is 8.13. The van der Waals surface area contributed by atoms with Crippen LogP contribution in [-0.2, 0) is 4.79 Å². The molecule has 0 saturated carbocycles. The fraction of sp³-hybridized carbons (Fsp3) is 0.200. The topological polar surface area (TPSA) is 30.0 Å². The summed E-state index contributed by atoms with van der Waals surface area (Å²) in [5, 5.41) is 0.941. The first-order valence-electron chi connectivity index (χ1n) is 5.83. The maximum Gasteiger partial charge on any atom is 0.185 e. The van der Waals surface area contributed by atoms with Crippen molar-refractivity contribution in [3.05, 3.63) is 41.8 Å². The number of fused-ring (bicyclic) bond motifs is 1. The van der Waals surface area contributed by atoms with Crippen LogP contribution >= 0.6 is 11.8 Å². The first-order chi connectivity index (χ1) is 9.16. The van der Waals surface area contributed by atoms with Gasteiger partial charge in [0.05, 0.1) is 11.1 Å². The van der Waals surface area contributed by atoms with Crippen LogP contribution < -0.4 is 0 Å². The number of carbonyl (C=O) groups excluding carboxylic acids is 1. The number of nitrogens with zero attached hydrogens (tertiary/aromatic N) is 1. The normalized spacial score (nSPS) is 10.0. The van der Waals surface area contributed by atoms with Gasteiger partial charge in [0.2, 0.25) is 0 Å². The highest BCUT2D eigenvalue weighted by Gasteiger charge is 2.02. The number of rotatable bonds is 2. The van der Waals surface area contributed by atoms with Crippen molar-refractivity contribution < 1.29 is 9.18 Å². The van der Waals surface area contributed by atoms with E-state index in [0.717, 1.165) is 5.39 Å². The van der Waals surface area contributed by atoms with Crippen LogP contribution in [0.25, 0.3) is 10.9 Å². The zero-order valence-electron chi connectivity index (χ0n) is 10.4. The monoisotopic (exact) mass is 273 g/mol. The molecule has 19 heavy (non-hydrogen) atoms. The van der Waals surface area contributed by atoms with Gasteiger partial charge in [0, 0.05) is 36.7 Å². The molecule has 1 heterocycles. The van der Waals surface area contributed by atoms with E-state index in [9.17, 15) is 9.18 Å². The van der Waals surface area contributed by atoms with Crippen molar-refractivity contribution in [2.75, 3.05) is 5.75 Å². The van der Waals surface area contributed by atoms with Crippen molar-refractivity contribution in [1.29, 1.82) is 0 Å². The van der Waals surface area contributed by atoms with Crippen molar-refractivity contribution in [2.45, 2.75) is 13.3 Å². The number of benzene rings is 1. The van der Waals surface area contributed by atoms with Gasteiger partial charge in [0.15, 0.2) is 5.12 Å². The number of hydrogen-bond acceptors (Lipinski definition) is 3. The summed E-state index contributed by atoms with van der Waals surface area (Å²) >= 11 is 1.23. The Bertz CT molecular complexity index is 673. The molecule has 2 nitrogen and oxygen atoms in total. The first-order valence-corrected chi connectivity index (χ1v) is 6.82. The molecule has 0 aliphatic rings. The molecule has 0 aliphatic heterocycles. The molecule has 0 radical (unpaired) electrons. The lowest BCUT2D eigenvalue weighted by molar-refractivity contribution is -0.109. The van der Waals surface area contributed by atoms with Gasteiger partial charge in [-0.25, -0.2) is 4.39 Å². The summed E-state index contributed by atoms with van der Waals surface area (Å²) in [6.07, 6.45) is 2.20. The van der Waals surface area contributed by atoms with Crippen LogP contribution in [-0.4, -0.2) is 15.9 Å². The molecule has 2 aromatic rings. The molecule has 0 fully saturated rings. The Morgan fingerprint density at radius 2 is 2.32 bits per heavy atom. The minimum absolute atomic E-state index is 0.0739. The number of pyridine rings is 1. The van der Waals surface area contributed by atoms with Crippen molar-refractivity contribution in [3.8, 4) is 11.8 Å². The predicted octanol–water partition coefficient (Wildman–Crippen LogP) is 3.40. The Morgan fingerprint density at radius 3 is 3.11 bits per heavy atom. The van der Waals surface area contributed by atoms with Crippen LogP contribution in [0.4, 0.5) is 4.39 Å². The number of hydrogen-bond donors (Lipinski definition) is 0. The second-order valence-electron chi connectivity index (χ2n) is 3.92. The van der Waals surface area contributed by atoms with Gasteiger partial charge in [-0.05, 0) is 12.1 Å². The molecule has 2 rings (SSSR count). The quantitative estimate of drug-likeness (QED) is 0.620. The van der Waals surface area contributed by atoms with E-state index in [1.165, 1.54) is 24.8 Å². The number of carbonyl (C=O) groups is 1. The van der Waals surface area contributed by atoms with Gasteiger partial charge in [0.25, 0.3) is 0 Å². The lowest BCUT2D eigenvalue weighted by atomic mass is 10.1. The fourth-order valence-corrected chi connectivity index (χ4v) is 2.09. The van der Waals surface area contributed by atoms with Crippen LogP contribution in [0.5, 0.6) is 0 Å². The number of thioether (sulfide) groups is 1. The van der Waals surface area contributed by atoms with E-state index in [-0.39, 0.29) is 10.9 Å². The Hall–Kier alpha value is -1.86. The molecule has 4 heteroatoms. The smallest absolute Gasteiger partial charge is 0.185 e. The van der Waals surface area contributed by atoms with Gasteiger partial charge >= 0.3 is 0 Å². The van der Waals surface area contributed by atoms with E-state index in [4.69, 9.17) is 0 Å². The Kier molecular flexibility index (Phi) is 4.53. The molecule has 1 aromatic carbocycles. The molecule has 0 spiro atoms. The van der Waals surface area contributed by atoms with Crippen LogP contribution in [0.1, 0.15) is 18.9 Å². The number of aromatic nitrogens is 1. The third kappa shape index (κ3) is 3.80. The highest BCUT2D eigenvalue weighted by atomic mass is 32.2. The molecule has 0 bridgehead atoms. The summed E-state index contributed by atoms with van der Waals surface area (Å²) in [5.74, 6) is 5.96. The lowest BCUT2D eigenvalue weighted by Gasteiger charge is -1.99. The maximum atomic E-state index is 13.8. The van der Waals surface area contributed by atoms with Crippen molar-refractivity contribution in [1.82, 2.24) is 4.98 Å². The molecule has 0 atom stereocenters. The lowest BCUT2D eigenvalue weighted by Crippen LogP contribution is -1.87. The molecule has 96 valence electrons. The largest absolute Gasteiger partial charge is 0.288 e. The van der Waals surface area contributed by atoms with Crippen LogP contribution in [0.3, 0.4) is 0 Å². The van der Waals surface area contributed by atoms with Crippen molar-refractivity contribution in [2.24, 2.45) is 0 Å². The van der Waals surface area contributed by atoms with Crippen molar-refractivity contribution >= 4 is 27.8 Å². The average Bonchev–Trinajstić information content (AvgIpc) is 2.38. The maximum absolute atomic E-state index is 13.8. The second-order valence-corrected chi connectivity index (χ2v) is 5.19. The van der Waals surface area contributed by atoms with Gasteiger partial charge in [0.1, 0.15) is 5.82 Å². The molecule has 0 amide bonds. The van der Waals surface area contributed by atoms with E-state index < -0.39 is 0 Å². The summed E-state index contributed by atoms with van der Waals surface area (Å²) in [4.78, 5) is 14.8. The molecule has 0 unspecified atom stereocenters. The fourth-order valence-electron chi connectivity index (χ4n) is 1.59. The number of halogens is 1. The van der Waals surface area contributed by atoms with Crippen LogP contribution in [0.15, 0.2) is 30.5 Å². The molecular formula is C15H12FNOS. The third-order valence-electron chi connectivity index (χ3n) is 2.45. The summed E-state index contributed by atoms with van der Waals surface area (Å²) in [6.45, 7) is 1.52. The zero-order valence-corrected chi connectivity index (χ0v) is 11.3. The SMILES string of the molecule is CC(=O)SCCC#Cc1cc2cccnc2cc1F. The predicted molar refractivity (Wildman–Crippen MR) is 76.3 cm³/mol. The Labute approximate surface area is 115 Å². The van der Waals surface area contributed by atoms with E-state index in [1.54, 1.807) is 18.3 Å².